The van der Waals surface area contributed by atoms with Crippen LogP contribution in [0, 0.1) is 0 Å². The lowest BCUT2D eigenvalue weighted by molar-refractivity contribution is -0.120. The van der Waals surface area contributed by atoms with Crippen molar-refractivity contribution in [1.29, 1.82) is 0 Å². The molecule has 2 aliphatic rings. The fourth-order valence-electron chi connectivity index (χ4n) is 3.69. The van der Waals surface area contributed by atoms with Gasteiger partial charge < -0.3 is 5.32 Å². The minimum absolute atomic E-state index is 0.0637. The highest BCUT2D eigenvalue weighted by molar-refractivity contribution is 6.39. The second-order valence-electron chi connectivity index (χ2n) is 7.45. The molecule has 0 unspecified atom stereocenters. The second kappa shape index (κ2) is 8.45. The Labute approximate surface area is 170 Å². The summed E-state index contributed by atoms with van der Waals surface area (Å²) in [6.45, 7) is 4.30. The van der Waals surface area contributed by atoms with Gasteiger partial charge in [0, 0.05) is 25.7 Å². The molecule has 2 aliphatic heterocycles. The molecule has 0 bridgehead atoms. The Balaban J connectivity index is 1.37. The highest BCUT2D eigenvalue weighted by Gasteiger charge is 2.32. The van der Waals surface area contributed by atoms with E-state index in [1.807, 2.05) is 48.5 Å². The molecule has 0 radical (unpaired) electrons. The molecule has 0 saturated carbocycles. The van der Waals surface area contributed by atoms with Crippen molar-refractivity contribution in [2.75, 3.05) is 18.1 Å². The summed E-state index contributed by atoms with van der Waals surface area (Å²) in [7, 11) is 0. The van der Waals surface area contributed by atoms with Crippen LogP contribution in [0.1, 0.15) is 18.9 Å². The average Bonchev–Trinajstić information content (AvgIpc) is 3.18. The second-order valence-corrected chi connectivity index (χ2v) is 7.45. The number of hydrogen-bond donors (Lipinski definition) is 2. The number of nitrogens with zero attached hydrogens (tertiary/aromatic N) is 3. The largest absolute Gasteiger partial charge is 0.345 e. The summed E-state index contributed by atoms with van der Waals surface area (Å²) < 4.78 is 0. The third-order valence-electron chi connectivity index (χ3n) is 5.20. The van der Waals surface area contributed by atoms with E-state index in [0.29, 0.717) is 5.69 Å². The van der Waals surface area contributed by atoms with E-state index < -0.39 is 6.04 Å². The fourth-order valence-corrected chi connectivity index (χ4v) is 3.69. The zero-order chi connectivity index (χ0) is 20.2. The van der Waals surface area contributed by atoms with Gasteiger partial charge >= 0.3 is 0 Å². The maximum Gasteiger partial charge on any atom is 0.288 e. The lowest BCUT2D eigenvalue weighted by atomic mass is 10.2. The van der Waals surface area contributed by atoms with Gasteiger partial charge in [-0.05, 0) is 31.0 Å². The number of nitrogens with one attached hydrogen (secondary N) is 2. The topological polar surface area (TPSA) is 77.0 Å². The summed E-state index contributed by atoms with van der Waals surface area (Å²) in [5.74, 6) is -0.304. The Bertz CT molecular complexity index is 900. The quantitative estimate of drug-likeness (QED) is 0.814. The predicted molar refractivity (Wildman–Crippen MR) is 112 cm³/mol. The van der Waals surface area contributed by atoms with Gasteiger partial charge in [-0.25, -0.2) is 10.0 Å². The van der Waals surface area contributed by atoms with E-state index in [1.54, 1.807) is 6.92 Å². The number of carbonyl (C=O) groups is 2. The van der Waals surface area contributed by atoms with Gasteiger partial charge in [0.1, 0.15) is 6.04 Å². The van der Waals surface area contributed by atoms with Gasteiger partial charge in [0.05, 0.1) is 5.69 Å². The van der Waals surface area contributed by atoms with Crippen LogP contribution in [0.2, 0.25) is 0 Å². The van der Waals surface area contributed by atoms with Crippen molar-refractivity contribution in [1.82, 2.24) is 15.6 Å². The highest BCUT2D eigenvalue weighted by Crippen LogP contribution is 2.17. The van der Waals surface area contributed by atoms with Gasteiger partial charge in [-0.2, -0.15) is 0 Å². The third kappa shape index (κ3) is 4.46. The molecule has 7 heteroatoms. The molecule has 2 atom stereocenters. The predicted octanol–water partition coefficient (Wildman–Crippen LogP) is 1.72. The van der Waals surface area contributed by atoms with Crippen molar-refractivity contribution in [2.45, 2.75) is 32.0 Å². The summed E-state index contributed by atoms with van der Waals surface area (Å²) in [6.07, 6.45) is 0.892. The van der Waals surface area contributed by atoms with E-state index in [9.17, 15) is 9.59 Å². The summed E-state index contributed by atoms with van der Waals surface area (Å²) >= 11 is 0. The number of hydrazine groups is 1. The third-order valence-corrected chi connectivity index (χ3v) is 5.20. The number of amidine groups is 1. The van der Waals surface area contributed by atoms with Gasteiger partial charge in [-0.1, -0.05) is 48.5 Å². The Morgan fingerprint density at radius 1 is 1.14 bits per heavy atom. The fraction of sp³-hybridized carbons (Fsp3) is 0.318. The Kier molecular flexibility index (Phi) is 5.57. The number of amides is 2. The molecule has 2 aromatic carbocycles. The molecule has 7 nitrogen and oxygen atoms in total. The van der Waals surface area contributed by atoms with Crippen LogP contribution in [-0.4, -0.2) is 47.7 Å². The molecule has 29 heavy (non-hydrogen) atoms. The number of likely N-dealkylation sites (tertiary alicyclic amines) is 1. The summed E-state index contributed by atoms with van der Waals surface area (Å²) in [5, 5.41) is 4.45. The molecule has 0 aliphatic carbocycles. The molecule has 2 amide bonds. The van der Waals surface area contributed by atoms with E-state index in [1.165, 1.54) is 10.6 Å². The lowest BCUT2D eigenvalue weighted by Gasteiger charge is -2.30. The molecule has 2 heterocycles. The number of para-hydroxylation sites is 1. The summed E-state index contributed by atoms with van der Waals surface area (Å²) in [6, 6.07) is 19.0. The van der Waals surface area contributed by atoms with E-state index in [0.717, 1.165) is 26.1 Å². The van der Waals surface area contributed by atoms with Crippen LogP contribution in [0.25, 0.3) is 0 Å². The average molecular weight is 391 g/mol. The van der Waals surface area contributed by atoms with E-state index in [-0.39, 0.29) is 23.7 Å². The minimum atomic E-state index is -0.615. The number of rotatable bonds is 5. The van der Waals surface area contributed by atoms with E-state index in [4.69, 9.17) is 0 Å². The van der Waals surface area contributed by atoms with Gasteiger partial charge in [0.15, 0.2) is 0 Å². The van der Waals surface area contributed by atoms with Gasteiger partial charge in [0.25, 0.3) is 11.8 Å². The first-order chi connectivity index (χ1) is 14.1. The maximum absolute atomic E-state index is 12.8. The van der Waals surface area contributed by atoms with Crippen molar-refractivity contribution in [2.24, 2.45) is 4.99 Å². The van der Waals surface area contributed by atoms with Gasteiger partial charge in [0.2, 0.25) is 5.84 Å². The SMILES string of the molecule is C[C@H]1N=C(C(=O)N[C@@H]2CCN(Cc3ccccc3)C2)NN(c2ccccc2)C1=O. The molecule has 4 rings (SSSR count). The summed E-state index contributed by atoms with van der Waals surface area (Å²) in [5.41, 5.74) is 4.83. The highest BCUT2D eigenvalue weighted by atomic mass is 16.2. The molecule has 1 saturated heterocycles. The van der Waals surface area contributed by atoms with Gasteiger partial charge in [-0.15, -0.1) is 0 Å². The van der Waals surface area contributed by atoms with Crippen LogP contribution in [0.15, 0.2) is 65.7 Å². The van der Waals surface area contributed by atoms with Crippen LogP contribution in [0.4, 0.5) is 5.69 Å². The first-order valence-electron chi connectivity index (χ1n) is 9.91. The first-order valence-corrected chi connectivity index (χ1v) is 9.91. The van der Waals surface area contributed by atoms with E-state index >= 15 is 0 Å². The molecule has 150 valence electrons. The number of benzene rings is 2. The molecular weight excluding hydrogens is 366 g/mol. The van der Waals surface area contributed by atoms with Crippen LogP contribution >= 0.6 is 0 Å². The molecule has 0 aromatic heterocycles. The van der Waals surface area contributed by atoms with Crippen LogP contribution < -0.4 is 15.8 Å². The Morgan fingerprint density at radius 3 is 2.55 bits per heavy atom. The van der Waals surface area contributed by atoms with Crippen molar-refractivity contribution < 1.29 is 9.59 Å². The van der Waals surface area contributed by atoms with E-state index in [2.05, 4.69) is 32.8 Å². The van der Waals surface area contributed by atoms with Crippen molar-refractivity contribution in [3.8, 4) is 0 Å². The number of aliphatic imine (C=N–C) groups is 1. The number of hydrogen-bond acceptors (Lipinski definition) is 5. The van der Waals surface area contributed by atoms with Crippen molar-refractivity contribution in [3.05, 3.63) is 66.2 Å². The smallest absolute Gasteiger partial charge is 0.288 e. The van der Waals surface area contributed by atoms with Crippen LogP contribution in [0.5, 0.6) is 0 Å². The minimum Gasteiger partial charge on any atom is -0.345 e. The number of carbonyl (C=O) groups excluding carboxylic acids is 2. The molecule has 1 fully saturated rings. The standard InChI is InChI=1S/C22H25N5O2/c1-16-22(29)27(19-10-6-3-7-11-19)25-20(23-16)21(28)24-18-12-13-26(15-18)14-17-8-4-2-5-9-17/h2-11,16,18H,12-15H2,1H3,(H,23,25)(H,24,28)/t16-,18-/m1/s1. The Morgan fingerprint density at radius 2 is 1.83 bits per heavy atom. The van der Waals surface area contributed by atoms with Crippen LogP contribution in [-0.2, 0) is 16.1 Å². The van der Waals surface area contributed by atoms with Crippen molar-refractivity contribution in [3.63, 3.8) is 0 Å². The number of anilines is 1. The summed E-state index contributed by atoms with van der Waals surface area (Å²) in [4.78, 5) is 31.8. The molecule has 2 aromatic rings. The van der Waals surface area contributed by atoms with Gasteiger partial charge in [-0.3, -0.25) is 19.9 Å². The van der Waals surface area contributed by atoms with Crippen LogP contribution in [0.3, 0.4) is 0 Å². The van der Waals surface area contributed by atoms with Crippen molar-refractivity contribution >= 4 is 23.3 Å². The Hall–Kier alpha value is -3.19. The molecule has 2 N–H and O–H groups in total. The normalized spacial score (nSPS) is 22.2. The lowest BCUT2D eigenvalue weighted by Crippen LogP contribution is -2.58. The molecular formula is C22H25N5O2. The monoisotopic (exact) mass is 391 g/mol. The zero-order valence-corrected chi connectivity index (χ0v) is 16.4. The molecule has 0 spiro atoms. The maximum atomic E-state index is 12.8. The first kappa shape index (κ1) is 19.1. The zero-order valence-electron chi connectivity index (χ0n) is 16.4.